The van der Waals surface area contributed by atoms with Gasteiger partial charge in [-0.2, -0.15) is 0 Å². The molecule has 0 aromatic carbocycles. The molecule has 0 unspecified atom stereocenters. The number of hydrogen-bond acceptors (Lipinski definition) is 2. The summed E-state index contributed by atoms with van der Waals surface area (Å²) in [4.78, 5) is 4.48. The van der Waals surface area contributed by atoms with Crippen molar-refractivity contribution in [3.8, 4) is 0 Å². The second kappa shape index (κ2) is 14.7. The standard InChI is InChI=1S/C15H28N2.BF4.ClH/c1-3-5-6-7-8-9-10-11-12-17-14-13-16(4-2)15-17;2-1(3,4)5;/h4,13-14H,2-3,5-12,15H2,1H3;;1H/q;-1;. The normalized spacial score (nSPS) is 13.4. The van der Waals surface area contributed by atoms with Crippen LogP contribution < -0.4 is 0 Å². The topological polar surface area (TPSA) is 6.48 Å². The number of unbranched alkanes of at least 4 members (excludes halogenated alkanes) is 7. The number of rotatable bonds is 10. The Kier molecular flexibility index (Phi) is 15.6. The highest BCUT2D eigenvalue weighted by molar-refractivity contribution is 6.50. The van der Waals surface area contributed by atoms with Gasteiger partial charge in [-0.1, -0.05) is 58.4 Å². The summed E-state index contributed by atoms with van der Waals surface area (Å²) in [5.41, 5.74) is 0. The van der Waals surface area contributed by atoms with E-state index in [1.54, 1.807) is 0 Å². The molecule has 8 heteroatoms. The highest BCUT2D eigenvalue weighted by Gasteiger charge is 2.20. The quantitative estimate of drug-likeness (QED) is 0.266. The lowest BCUT2D eigenvalue weighted by atomic mass is 10.1. The van der Waals surface area contributed by atoms with Crippen LogP contribution in [-0.4, -0.2) is 30.3 Å². The van der Waals surface area contributed by atoms with Crippen LogP contribution in [0.5, 0.6) is 0 Å². The summed E-state index contributed by atoms with van der Waals surface area (Å²) in [5, 5.41) is 0. The third-order valence-corrected chi connectivity index (χ3v) is 3.35. The zero-order valence-corrected chi connectivity index (χ0v) is 14.7. The van der Waals surface area contributed by atoms with Crippen LogP contribution in [-0.2, 0) is 0 Å². The molecule has 1 heterocycles. The van der Waals surface area contributed by atoms with E-state index >= 15 is 0 Å². The maximum Gasteiger partial charge on any atom is 0.673 e. The Morgan fingerprint density at radius 3 is 1.87 bits per heavy atom. The van der Waals surface area contributed by atoms with Crippen molar-refractivity contribution in [3.63, 3.8) is 0 Å². The minimum atomic E-state index is -6.00. The lowest BCUT2D eigenvalue weighted by Gasteiger charge is -2.18. The van der Waals surface area contributed by atoms with Gasteiger partial charge in [-0.3, -0.25) is 0 Å². The van der Waals surface area contributed by atoms with E-state index in [0.29, 0.717) is 0 Å². The Hall–Kier alpha value is -0.845. The smallest absolute Gasteiger partial charge is 0.418 e. The van der Waals surface area contributed by atoms with Crippen LogP contribution in [0.15, 0.2) is 25.2 Å². The maximum atomic E-state index is 9.75. The first-order chi connectivity index (χ1) is 10.4. The molecule has 0 aliphatic carbocycles. The predicted octanol–water partition coefficient (Wildman–Crippen LogP) is 6.04. The third kappa shape index (κ3) is 19.1. The van der Waals surface area contributed by atoms with E-state index in [2.05, 4.69) is 35.7 Å². The number of nitrogens with zero attached hydrogens (tertiary/aromatic N) is 2. The molecule has 0 saturated heterocycles. The van der Waals surface area contributed by atoms with E-state index in [9.17, 15) is 17.3 Å². The molecule has 0 aromatic rings. The van der Waals surface area contributed by atoms with Crippen molar-refractivity contribution in [2.45, 2.75) is 58.3 Å². The van der Waals surface area contributed by atoms with Gasteiger partial charge in [0, 0.05) is 18.9 Å². The highest BCUT2D eigenvalue weighted by atomic mass is 35.5. The van der Waals surface area contributed by atoms with Gasteiger partial charge >= 0.3 is 7.25 Å². The Balaban J connectivity index is 0. The zero-order chi connectivity index (χ0) is 16.8. The van der Waals surface area contributed by atoms with Gasteiger partial charge < -0.3 is 27.1 Å². The molecule has 1 aliphatic rings. The highest BCUT2D eigenvalue weighted by Crippen LogP contribution is 2.11. The van der Waals surface area contributed by atoms with Gasteiger partial charge in [0.15, 0.2) is 0 Å². The molecule has 0 fully saturated rings. The lowest BCUT2D eigenvalue weighted by Crippen LogP contribution is -2.22. The molecule has 0 N–H and O–H groups in total. The molecular formula is C15H29BClF4N2-. The van der Waals surface area contributed by atoms with E-state index in [1.165, 1.54) is 57.9 Å². The molecule has 0 amide bonds. The molecule has 0 spiro atoms. The summed E-state index contributed by atoms with van der Waals surface area (Å²) in [6.07, 6.45) is 17.3. The van der Waals surface area contributed by atoms with Crippen molar-refractivity contribution >= 4 is 19.7 Å². The molecule has 0 aromatic heterocycles. The van der Waals surface area contributed by atoms with Crippen LogP contribution in [0.3, 0.4) is 0 Å². The first-order valence-corrected chi connectivity index (χ1v) is 8.04. The third-order valence-electron chi connectivity index (χ3n) is 3.35. The number of hydrogen-bond donors (Lipinski definition) is 0. The molecule has 2 nitrogen and oxygen atoms in total. The van der Waals surface area contributed by atoms with E-state index < -0.39 is 7.25 Å². The Bertz CT molecular complexity index is 308. The largest absolute Gasteiger partial charge is 0.673 e. The first kappa shape index (κ1) is 24.4. The monoisotopic (exact) mass is 359 g/mol. The van der Waals surface area contributed by atoms with Crippen LogP contribution in [0.25, 0.3) is 0 Å². The summed E-state index contributed by atoms with van der Waals surface area (Å²) in [6, 6.07) is 0. The molecule has 0 saturated carbocycles. The van der Waals surface area contributed by atoms with Crippen molar-refractivity contribution in [3.05, 3.63) is 25.2 Å². The van der Waals surface area contributed by atoms with E-state index in [-0.39, 0.29) is 12.4 Å². The average Bonchev–Trinajstić information content (AvgIpc) is 2.88. The average molecular weight is 360 g/mol. The fourth-order valence-corrected chi connectivity index (χ4v) is 2.20. The fourth-order valence-electron chi connectivity index (χ4n) is 2.20. The predicted molar refractivity (Wildman–Crippen MR) is 92.8 cm³/mol. The molecule has 1 rings (SSSR count). The summed E-state index contributed by atoms with van der Waals surface area (Å²) in [5.74, 6) is 0. The molecule has 1 aliphatic heterocycles. The van der Waals surface area contributed by atoms with Gasteiger partial charge in [0.05, 0.1) is 6.67 Å². The summed E-state index contributed by atoms with van der Waals surface area (Å²) in [7, 11) is -6.00. The van der Waals surface area contributed by atoms with Crippen molar-refractivity contribution in [2.75, 3.05) is 13.2 Å². The van der Waals surface area contributed by atoms with Crippen molar-refractivity contribution in [1.29, 1.82) is 0 Å². The molecule has 23 heavy (non-hydrogen) atoms. The van der Waals surface area contributed by atoms with Crippen LogP contribution in [0, 0.1) is 0 Å². The van der Waals surface area contributed by atoms with Crippen LogP contribution in [0.1, 0.15) is 58.3 Å². The molecular weight excluding hydrogens is 330 g/mol. The first-order valence-electron chi connectivity index (χ1n) is 8.04. The van der Waals surface area contributed by atoms with Crippen molar-refractivity contribution < 1.29 is 17.3 Å². The van der Waals surface area contributed by atoms with E-state index in [4.69, 9.17) is 0 Å². The van der Waals surface area contributed by atoms with E-state index in [0.717, 1.165) is 6.67 Å². The number of halogens is 5. The van der Waals surface area contributed by atoms with Gasteiger partial charge in [0.2, 0.25) is 0 Å². The van der Waals surface area contributed by atoms with Gasteiger partial charge in [0.25, 0.3) is 0 Å². The van der Waals surface area contributed by atoms with Gasteiger partial charge in [-0.05, 0) is 12.6 Å². The minimum Gasteiger partial charge on any atom is -0.418 e. The van der Waals surface area contributed by atoms with Gasteiger partial charge in [-0.15, -0.1) is 12.4 Å². The summed E-state index contributed by atoms with van der Waals surface area (Å²) < 4.78 is 39.0. The van der Waals surface area contributed by atoms with Crippen LogP contribution >= 0.6 is 12.4 Å². The zero-order valence-electron chi connectivity index (χ0n) is 13.9. The van der Waals surface area contributed by atoms with E-state index in [1.807, 2.05) is 6.20 Å². The SMILES string of the molecule is C=CN1C=CN(CCCCCCCCCC)C1.Cl.F[B-](F)(F)F. The van der Waals surface area contributed by atoms with Crippen LogP contribution in [0.4, 0.5) is 17.3 Å². The van der Waals surface area contributed by atoms with Crippen LogP contribution in [0.2, 0.25) is 0 Å². The molecule has 0 bridgehead atoms. The van der Waals surface area contributed by atoms with Crippen molar-refractivity contribution in [1.82, 2.24) is 9.80 Å². The lowest BCUT2D eigenvalue weighted by molar-refractivity contribution is 0.307. The summed E-state index contributed by atoms with van der Waals surface area (Å²) in [6.45, 7) is 8.22. The second-order valence-electron chi connectivity index (χ2n) is 5.42. The van der Waals surface area contributed by atoms with Gasteiger partial charge in [0.1, 0.15) is 0 Å². The Labute approximate surface area is 144 Å². The van der Waals surface area contributed by atoms with Gasteiger partial charge in [-0.25, -0.2) is 0 Å². The molecule has 138 valence electrons. The second-order valence-corrected chi connectivity index (χ2v) is 5.42. The molecule has 0 radical (unpaired) electrons. The fraction of sp³-hybridized carbons (Fsp3) is 0.733. The summed E-state index contributed by atoms with van der Waals surface area (Å²) >= 11 is 0. The van der Waals surface area contributed by atoms with Crippen molar-refractivity contribution in [2.24, 2.45) is 0 Å². The Morgan fingerprint density at radius 1 is 0.957 bits per heavy atom. The molecule has 0 atom stereocenters. The Morgan fingerprint density at radius 2 is 1.43 bits per heavy atom. The maximum absolute atomic E-state index is 9.75. The minimum absolute atomic E-state index is 0.